The number of amides is 1. The lowest BCUT2D eigenvalue weighted by atomic mass is 10.1. The molecule has 0 saturated carbocycles. The second-order valence-electron chi connectivity index (χ2n) is 5.48. The second-order valence-corrected chi connectivity index (χ2v) is 5.48. The van der Waals surface area contributed by atoms with Gasteiger partial charge in [-0.2, -0.15) is 0 Å². The van der Waals surface area contributed by atoms with Crippen molar-refractivity contribution in [1.82, 2.24) is 4.90 Å². The van der Waals surface area contributed by atoms with Gasteiger partial charge in [0.15, 0.2) is 0 Å². The number of hydrogen-bond acceptors (Lipinski definition) is 3. The van der Waals surface area contributed by atoms with Crippen LogP contribution in [-0.4, -0.2) is 41.0 Å². The molecule has 0 bridgehead atoms. The van der Waals surface area contributed by atoms with Gasteiger partial charge in [-0.1, -0.05) is 6.07 Å². The number of anilines is 1. The fourth-order valence-corrected chi connectivity index (χ4v) is 2.93. The predicted molar refractivity (Wildman–Crippen MR) is 74.9 cm³/mol. The summed E-state index contributed by atoms with van der Waals surface area (Å²) >= 11 is 0. The van der Waals surface area contributed by atoms with Gasteiger partial charge in [-0.05, 0) is 37.5 Å². The number of nitrogens with zero attached hydrogens (tertiary/aromatic N) is 2. The molecule has 0 aliphatic carbocycles. The van der Waals surface area contributed by atoms with Crippen LogP contribution in [0.15, 0.2) is 18.2 Å². The number of aliphatic carboxylic acids is 1. The first-order chi connectivity index (χ1) is 9.58. The normalized spacial score (nSPS) is 19.4. The van der Waals surface area contributed by atoms with Crippen LogP contribution in [0.4, 0.5) is 5.69 Å². The zero-order valence-electron chi connectivity index (χ0n) is 11.5. The average Bonchev–Trinajstić information content (AvgIpc) is 3.06. The van der Waals surface area contributed by atoms with Crippen LogP contribution in [0.5, 0.6) is 0 Å². The third kappa shape index (κ3) is 2.03. The molecule has 0 spiro atoms. The van der Waals surface area contributed by atoms with Crippen molar-refractivity contribution in [2.75, 3.05) is 18.0 Å². The Bertz CT molecular complexity index is 564. The molecule has 1 N–H and O–H groups in total. The zero-order valence-corrected chi connectivity index (χ0v) is 11.5. The lowest BCUT2D eigenvalue weighted by molar-refractivity contribution is -0.141. The van der Waals surface area contributed by atoms with E-state index < -0.39 is 12.0 Å². The molecule has 2 aliphatic heterocycles. The highest BCUT2D eigenvalue weighted by Crippen LogP contribution is 2.30. The van der Waals surface area contributed by atoms with Gasteiger partial charge >= 0.3 is 5.97 Å². The van der Waals surface area contributed by atoms with Gasteiger partial charge in [0.2, 0.25) is 0 Å². The third-order valence-corrected chi connectivity index (χ3v) is 4.22. The molecule has 1 amide bonds. The highest BCUT2D eigenvalue weighted by Gasteiger charge is 2.34. The number of hydrogen-bond donors (Lipinski definition) is 1. The molecule has 106 valence electrons. The minimum absolute atomic E-state index is 0.170. The first-order valence-corrected chi connectivity index (χ1v) is 6.99. The quantitative estimate of drug-likeness (QED) is 0.911. The van der Waals surface area contributed by atoms with Crippen LogP contribution in [0, 0.1) is 0 Å². The topological polar surface area (TPSA) is 60.9 Å². The average molecular weight is 274 g/mol. The molecule has 5 nitrogen and oxygen atoms in total. The maximum atomic E-state index is 12.4. The van der Waals surface area contributed by atoms with E-state index in [1.54, 1.807) is 6.92 Å². The zero-order chi connectivity index (χ0) is 14.3. The Kier molecular flexibility index (Phi) is 3.12. The maximum Gasteiger partial charge on any atom is 0.326 e. The molecule has 20 heavy (non-hydrogen) atoms. The van der Waals surface area contributed by atoms with E-state index in [2.05, 4.69) is 4.90 Å². The number of rotatable bonds is 3. The molecule has 0 aromatic heterocycles. The van der Waals surface area contributed by atoms with Crippen molar-refractivity contribution in [2.45, 2.75) is 32.4 Å². The number of benzene rings is 1. The van der Waals surface area contributed by atoms with E-state index in [0.29, 0.717) is 12.1 Å². The van der Waals surface area contributed by atoms with E-state index in [1.807, 2.05) is 18.2 Å². The monoisotopic (exact) mass is 274 g/mol. The minimum Gasteiger partial charge on any atom is -0.480 e. The summed E-state index contributed by atoms with van der Waals surface area (Å²) < 4.78 is 0. The van der Waals surface area contributed by atoms with E-state index >= 15 is 0 Å². The van der Waals surface area contributed by atoms with Gasteiger partial charge in [0.25, 0.3) is 5.91 Å². The second kappa shape index (κ2) is 4.81. The molecule has 1 aromatic carbocycles. The minimum atomic E-state index is -0.967. The molecule has 0 unspecified atom stereocenters. The van der Waals surface area contributed by atoms with Crippen LogP contribution in [0.2, 0.25) is 0 Å². The van der Waals surface area contributed by atoms with E-state index in [4.69, 9.17) is 5.11 Å². The molecule has 1 aromatic rings. The molecule has 2 aliphatic rings. The molecule has 5 heteroatoms. The van der Waals surface area contributed by atoms with Crippen molar-refractivity contribution in [3.05, 3.63) is 29.3 Å². The smallest absolute Gasteiger partial charge is 0.326 e. The van der Waals surface area contributed by atoms with Gasteiger partial charge in [0, 0.05) is 30.9 Å². The highest BCUT2D eigenvalue weighted by molar-refractivity contribution is 6.01. The first-order valence-electron chi connectivity index (χ1n) is 6.99. The van der Waals surface area contributed by atoms with Crippen molar-refractivity contribution in [3.8, 4) is 0 Å². The van der Waals surface area contributed by atoms with Crippen LogP contribution in [0.3, 0.4) is 0 Å². The number of carbonyl (C=O) groups excluding carboxylic acids is 1. The number of carboxylic acids is 1. The number of carbonyl (C=O) groups is 2. The lowest BCUT2D eigenvalue weighted by Crippen LogP contribution is -2.38. The fraction of sp³-hybridized carbons (Fsp3) is 0.467. The highest BCUT2D eigenvalue weighted by atomic mass is 16.4. The summed E-state index contributed by atoms with van der Waals surface area (Å²) in [6, 6.07) is 5.12. The van der Waals surface area contributed by atoms with Gasteiger partial charge in [-0.15, -0.1) is 0 Å². The summed E-state index contributed by atoms with van der Waals surface area (Å²) in [6.07, 6.45) is 2.38. The summed E-state index contributed by atoms with van der Waals surface area (Å²) in [4.78, 5) is 27.1. The molecular weight excluding hydrogens is 256 g/mol. The standard InChI is InChI=1S/C15H18N2O3/c1-10(15(19)20)17-9-11-4-5-12(8-13(11)14(17)18)16-6-2-3-7-16/h4-5,8,10H,2-3,6-7,9H2,1H3,(H,19,20)/t10-/m0/s1. The molecule has 3 rings (SSSR count). The Hall–Kier alpha value is -2.04. The SMILES string of the molecule is C[C@@H](C(=O)O)N1Cc2ccc(N3CCCC3)cc2C1=O. The van der Waals surface area contributed by atoms with Crippen molar-refractivity contribution in [1.29, 1.82) is 0 Å². The molecule has 0 radical (unpaired) electrons. The Morgan fingerprint density at radius 3 is 2.65 bits per heavy atom. The van der Waals surface area contributed by atoms with E-state index in [0.717, 1.165) is 24.3 Å². The molecular formula is C15H18N2O3. The van der Waals surface area contributed by atoms with Crippen LogP contribution < -0.4 is 4.90 Å². The third-order valence-electron chi connectivity index (χ3n) is 4.22. The van der Waals surface area contributed by atoms with Gasteiger partial charge in [0.1, 0.15) is 6.04 Å². The van der Waals surface area contributed by atoms with Gasteiger partial charge < -0.3 is 14.9 Å². The first kappa shape index (κ1) is 13.0. The van der Waals surface area contributed by atoms with Crippen LogP contribution in [0.1, 0.15) is 35.7 Å². The van der Waals surface area contributed by atoms with Crippen molar-refractivity contribution in [2.24, 2.45) is 0 Å². The molecule has 2 heterocycles. The molecule has 1 saturated heterocycles. The maximum absolute atomic E-state index is 12.4. The largest absolute Gasteiger partial charge is 0.480 e. The van der Waals surface area contributed by atoms with Crippen LogP contribution >= 0.6 is 0 Å². The van der Waals surface area contributed by atoms with Gasteiger partial charge in [0.05, 0.1) is 0 Å². The van der Waals surface area contributed by atoms with Crippen LogP contribution in [0.25, 0.3) is 0 Å². The van der Waals surface area contributed by atoms with Crippen LogP contribution in [-0.2, 0) is 11.3 Å². The Balaban J connectivity index is 1.88. The summed E-state index contributed by atoms with van der Waals surface area (Å²) in [5, 5.41) is 9.06. The molecule has 1 fully saturated rings. The number of fused-ring (bicyclic) bond motifs is 1. The summed E-state index contributed by atoms with van der Waals surface area (Å²) in [5.41, 5.74) is 2.65. The summed E-state index contributed by atoms with van der Waals surface area (Å²) in [6.45, 7) is 4.00. The summed E-state index contributed by atoms with van der Waals surface area (Å²) in [7, 11) is 0. The Morgan fingerprint density at radius 1 is 1.30 bits per heavy atom. The Labute approximate surface area is 117 Å². The van der Waals surface area contributed by atoms with Crippen molar-refractivity contribution in [3.63, 3.8) is 0 Å². The predicted octanol–water partition coefficient (Wildman–Crippen LogP) is 1.72. The van der Waals surface area contributed by atoms with Crippen molar-refractivity contribution >= 4 is 17.6 Å². The van der Waals surface area contributed by atoms with Crippen molar-refractivity contribution < 1.29 is 14.7 Å². The van der Waals surface area contributed by atoms with Gasteiger partial charge in [-0.3, -0.25) is 4.79 Å². The number of carboxylic acid groups (broad SMARTS) is 1. The van der Waals surface area contributed by atoms with Gasteiger partial charge in [-0.25, -0.2) is 4.79 Å². The summed E-state index contributed by atoms with van der Waals surface area (Å²) in [5.74, 6) is -1.14. The molecule has 1 atom stereocenters. The van der Waals surface area contributed by atoms with E-state index in [1.165, 1.54) is 17.7 Å². The lowest BCUT2D eigenvalue weighted by Gasteiger charge is -2.20. The fourth-order valence-electron chi connectivity index (χ4n) is 2.93. The Morgan fingerprint density at radius 2 is 2.00 bits per heavy atom. The van der Waals surface area contributed by atoms with E-state index in [9.17, 15) is 9.59 Å². The van der Waals surface area contributed by atoms with E-state index in [-0.39, 0.29) is 5.91 Å².